The van der Waals surface area contributed by atoms with E-state index in [-0.39, 0.29) is 22.4 Å². The van der Waals surface area contributed by atoms with Gasteiger partial charge in [0.1, 0.15) is 0 Å². The van der Waals surface area contributed by atoms with Crippen molar-refractivity contribution in [3.8, 4) is 0 Å². The first kappa shape index (κ1) is 8.70. The average molecular weight is 207 g/mol. The third kappa shape index (κ3) is 3.67. The topological polar surface area (TPSA) is 12.0 Å². The predicted molar refractivity (Wildman–Crippen MR) is 31.3 cm³/mol. The summed E-state index contributed by atoms with van der Waals surface area (Å²) >= 11 is 0. The fourth-order valence-electron chi connectivity index (χ4n) is 0.979. The molecule has 1 heterocycles. The van der Waals surface area contributed by atoms with Crippen LogP contribution in [0.25, 0.3) is 0 Å². The molecule has 0 aliphatic carbocycles. The second-order valence-corrected chi connectivity index (χ2v) is 2.16. The first-order valence-electron chi connectivity index (χ1n) is 3.21. The summed E-state index contributed by atoms with van der Waals surface area (Å²) in [5.74, 6) is 0. The maximum Gasteiger partial charge on any atom is 0 e. The normalized spacial score (nSPS) is 21.0. The molecule has 0 bridgehead atoms. The van der Waals surface area contributed by atoms with Crippen LogP contribution in [0.15, 0.2) is 0 Å². The Bertz CT molecular complexity index is 28.1. The Kier molecular flexibility index (Phi) is 6.34. The summed E-state index contributed by atoms with van der Waals surface area (Å²) in [6, 6.07) is 0. The van der Waals surface area contributed by atoms with Gasteiger partial charge >= 0.3 is 0 Å². The van der Waals surface area contributed by atoms with Gasteiger partial charge in [-0.1, -0.05) is 12.8 Å². The SMILES string of the molecule is C1CCCNCC1.[Ag]. The molecule has 1 rings (SSSR count). The van der Waals surface area contributed by atoms with Crippen LogP contribution in [0.4, 0.5) is 0 Å². The first-order valence-corrected chi connectivity index (χ1v) is 3.21. The van der Waals surface area contributed by atoms with Crippen molar-refractivity contribution in [2.24, 2.45) is 0 Å². The molecule has 53 valence electrons. The van der Waals surface area contributed by atoms with Crippen molar-refractivity contribution in [3.05, 3.63) is 0 Å². The molecule has 0 saturated carbocycles. The molecule has 1 nitrogen and oxygen atoms in total. The smallest absolute Gasteiger partial charge is 0 e. The third-order valence-corrected chi connectivity index (χ3v) is 1.46. The van der Waals surface area contributed by atoms with Gasteiger partial charge in [0.15, 0.2) is 0 Å². The zero-order valence-corrected chi connectivity index (χ0v) is 6.53. The molecule has 1 N–H and O–H groups in total. The summed E-state index contributed by atoms with van der Waals surface area (Å²) in [6.07, 6.45) is 5.65. The van der Waals surface area contributed by atoms with Gasteiger partial charge < -0.3 is 5.32 Å². The van der Waals surface area contributed by atoms with Crippen LogP contribution in [0.5, 0.6) is 0 Å². The van der Waals surface area contributed by atoms with Gasteiger partial charge in [-0.3, -0.25) is 0 Å². The minimum absolute atomic E-state index is 0. The van der Waals surface area contributed by atoms with Crippen molar-refractivity contribution in [1.82, 2.24) is 5.32 Å². The largest absolute Gasteiger partial charge is 0.317 e. The van der Waals surface area contributed by atoms with E-state index < -0.39 is 0 Å². The van der Waals surface area contributed by atoms with Crippen LogP contribution in [0.3, 0.4) is 0 Å². The maximum absolute atomic E-state index is 3.35. The molecule has 0 aromatic rings. The molecular weight excluding hydrogens is 194 g/mol. The van der Waals surface area contributed by atoms with E-state index in [9.17, 15) is 0 Å². The van der Waals surface area contributed by atoms with Crippen LogP contribution in [-0.2, 0) is 22.4 Å². The van der Waals surface area contributed by atoms with Gasteiger partial charge in [0, 0.05) is 22.4 Å². The van der Waals surface area contributed by atoms with Crippen molar-refractivity contribution < 1.29 is 22.4 Å². The molecule has 0 spiro atoms. The summed E-state index contributed by atoms with van der Waals surface area (Å²) in [4.78, 5) is 0. The molecule has 8 heavy (non-hydrogen) atoms. The predicted octanol–water partition coefficient (Wildman–Crippen LogP) is 1.15. The zero-order chi connectivity index (χ0) is 4.95. The molecule has 1 saturated heterocycles. The van der Waals surface area contributed by atoms with Gasteiger partial charge in [0.05, 0.1) is 0 Å². The molecule has 0 aromatic heterocycles. The van der Waals surface area contributed by atoms with Gasteiger partial charge in [0.25, 0.3) is 0 Å². The van der Waals surface area contributed by atoms with E-state index in [1.54, 1.807) is 0 Å². The van der Waals surface area contributed by atoms with Gasteiger partial charge in [0.2, 0.25) is 0 Å². The van der Waals surface area contributed by atoms with Crippen molar-refractivity contribution >= 4 is 0 Å². The Labute approximate surface area is 66.7 Å². The molecule has 1 aliphatic rings. The van der Waals surface area contributed by atoms with Gasteiger partial charge in [-0.2, -0.15) is 0 Å². The standard InChI is InChI=1S/C6H13N.Ag/c1-2-4-6-7-5-3-1;/h7H,1-6H2;. The molecule has 0 atom stereocenters. The Morgan fingerprint density at radius 3 is 1.75 bits per heavy atom. The third-order valence-electron chi connectivity index (χ3n) is 1.46. The summed E-state index contributed by atoms with van der Waals surface area (Å²) in [6.45, 7) is 2.50. The Morgan fingerprint density at radius 1 is 0.750 bits per heavy atom. The number of hydrogen-bond acceptors (Lipinski definition) is 1. The second-order valence-electron chi connectivity index (χ2n) is 2.16. The molecular formula is C6H13AgN. The second kappa shape index (κ2) is 5.83. The first-order chi connectivity index (χ1) is 3.50. The number of rotatable bonds is 0. The Balaban J connectivity index is 0.000000490. The summed E-state index contributed by atoms with van der Waals surface area (Å²) in [5.41, 5.74) is 0. The Morgan fingerprint density at radius 2 is 1.25 bits per heavy atom. The van der Waals surface area contributed by atoms with Crippen LogP contribution in [-0.4, -0.2) is 13.1 Å². The van der Waals surface area contributed by atoms with Crippen LogP contribution in [0.2, 0.25) is 0 Å². The van der Waals surface area contributed by atoms with E-state index in [4.69, 9.17) is 0 Å². The molecule has 1 radical (unpaired) electrons. The van der Waals surface area contributed by atoms with Crippen molar-refractivity contribution in [2.45, 2.75) is 25.7 Å². The van der Waals surface area contributed by atoms with Crippen LogP contribution in [0, 0.1) is 0 Å². The quantitative estimate of drug-likeness (QED) is 0.587. The minimum Gasteiger partial charge on any atom is -0.317 e. The van der Waals surface area contributed by atoms with E-state index >= 15 is 0 Å². The molecule has 0 aromatic carbocycles. The number of hydrogen-bond donors (Lipinski definition) is 1. The van der Waals surface area contributed by atoms with Gasteiger partial charge in [-0.25, -0.2) is 0 Å². The van der Waals surface area contributed by atoms with Gasteiger partial charge in [-0.15, -0.1) is 0 Å². The summed E-state index contributed by atoms with van der Waals surface area (Å²) < 4.78 is 0. The molecule has 1 aliphatic heterocycles. The molecule has 0 unspecified atom stereocenters. The van der Waals surface area contributed by atoms with E-state index in [0.29, 0.717) is 0 Å². The van der Waals surface area contributed by atoms with Crippen molar-refractivity contribution in [2.75, 3.05) is 13.1 Å². The van der Waals surface area contributed by atoms with Crippen LogP contribution >= 0.6 is 0 Å². The van der Waals surface area contributed by atoms with E-state index in [0.717, 1.165) is 0 Å². The van der Waals surface area contributed by atoms with Crippen molar-refractivity contribution in [1.29, 1.82) is 0 Å². The zero-order valence-electron chi connectivity index (χ0n) is 5.04. The average Bonchev–Trinajstić information content (AvgIpc) is 1.90. The van der Waals surface area contributed by atoms with Crippen LogP contribution < -0.4 is 5.32 Å². The van der Waals surface area contributed by atoms with E-state index in [1.807, 2.05) is 0 Å². The van der Waals surface area contributed by atoms with Gasteiger partial charge in [-0.05, 0) is 25.9 Å². The fourth-order valence-corrected chi connectivity index (χ4v) is 0.979. The summed E-state index contributed by atoms with van der Waals surface area (Å²) in [7, 11) is 0. The van der Waals surface area contributed by atoms with Crippen LogP contribution in [0.1, 0.15) is 25.7 Å². The minimum atomic E-state index is 0. The fraction of sp³-hybridized carbons (Fsp3) is 1.00. The van der Waals surface area contributed by atoms with E-state index in [1.165, 1.54) is 38.8 Å². The maximum atomic E-state index is 3.35. The molecule has 2 heteroatoms. The molecule has 1 fully saturated rings. The molecule has 0 amide bonds. The monoisotopic (exact) mass is 206 g/mol. The Hall–Kier alpha value is 0.700. The van der Waals surface area contributed by atoms with E-state index in [2.05, 4.69) is 5.32 Å². The van der Waals surface area contributed by atoms with Crippen molar-refractivity contribution in [3.63, 3.8) is 0 Å². The summed E-state index contributed by atoms with van der Waals surface area (Å²) in [5, 5.41) is 3.35. The number of nitrogens with one attached hydrogen (secondary N) is 1.